The van der Waals surface area contributed by atoms with Crippen LogP contribution in [-0.2, 0) is 5.41 Å². The van der Waals surface area contributed by atoms with Crippen LogP contribution in [0.25, 0.3) is 60.6 Å². The zero-order valence-electron chi connectivity index (χ0n) is 34.0. The summed E-state index contributed by atoms with van der Waals surface area (Å²) < 4.78 is 9.13. The van der Waals surface area contributed by atoms with E-state index >= 15 is 0 Å². The van der Waals surface area contributed by atoms with Crippen molar-refractivity contribution < 1.29 is 4.42 Å². The number of hydrogen-bond acceptors (Lipinski definition) is 3. The quantitative estimate of drug-likeness (QED) is 0.168. The average molecular weight is 784 g/mol. The molecule has 4 nitrogen and oxygen atoms in total. The molecule has 9 aromatic carbocycles. The summed E-state index contributed by atoms with van der Waals surface area (Å²) in [6, 6.07) is 76.6. The van der Waals surface area contributed by atoms with Crippen molar-refractivity contribution in [1.82, 2.24) is 4.57 Å². The monoisotopic (exact) mass is 783 g/mol. The van der Waals surface area contributed by atoms with Crippen LogP contribution >= 0.6 is 0 Å². The fourth-order valence-electron chi connectivity index (χ4n) is 9.87. The number of fused-ring (bicyclic) bond motifs is 8. The Bertz CT molecular complexity index is 3400. The van der Waals surface area contributed by atoms with Gasteiger partial charge in [-0.25, -0.2) is 0 Å². The molecule has 0 aliphatic carbocycles. The third-order valence-corrected chi connectivity index (χ3v) is 12.7. The molecule has 0 unspecified atom stereocenters. The van der Waals surface area contributed by atoms with Crippen LogP contribution in [0.2, 0.25) is 0 Å². The van der Waals surface area contributed by atoms with Crippen LogP contribution in [0.15, 0.2) is 217 Å². The van der Waals surface area contributed by atoms with Gasteiger partial charge in [0, 0.05) is 61.0 Å². The molecule has 0 fully saturated rings. The molecule has 0 saturated carbocycles. The first kappa shape index (κ1) is 35.2. The number of furan rings is 1. The standard InChI is InChI=1S/C57H41N3O/c1-57(2)49-23-11-14-26-52(49)60(53-27-15-12-24-50(53)57)43-35-47(56-48(36-43)46-22-10-16-28-55(46)61-56)38-29-31-41(32-30-38)58(39-17-5-3-6-18-39)42-33-34-45-44-21-9-13-25-51(44)59(54(45)37-42)40-19-7-4-8-20-40/h3-37H,1-2H3. The molecular weight excluding hydrogens is 743 g/mol. The van der Waals surface area contributed by atoms with Crippen molar-refractivity contribution in [3.05, 3.63) is 223 Å². The van der Waals surface area contributed by atoms with Gasteiger partial charge < -0.3 is 18.8 Å². The summed E-state index contributed by atoms with van der Waals surface area (Å²) in [5, 5.41) is 4.67. The number of para-hydroxylation sites is 6. The highest BCUT2D eigenvalue weighted by atomic mass is 16.3. The lowest BCUT2D eigenvalue weighted by Crippen LogP contribution is -2.30. The molecule has 0 bridgehead atoms. The zero-order chi connectivity index (χ0) is 40.7. The molecule has 0 radical (unpaired) electrons. The van der Waals surface area contributed by atoms with E-state index in [0.29, 0.717) is 0 Å². The van der Waals surface area contributed by atoms with Crippen LogP contribution in [0.3, 0.4) is 0 Å². The smallest absolute Gasteiger partial charge is 0.143 e. The molecule has 1 aliphatic heterocycles. The molecule has 0 amide bonds. The summed E-state index contributed by atoms with van der Waals surface area (Å²) in [5.41, 5.74) is 16.6. The number of aromatic nitrogens is 1. The van der Waals surface area contributed by atoms with Gasteiger partial charge in [-0.2, -0.15) is 0 Å². The Morgan fingerprint density at radius 3 is 1.74 bits per heavy atom. The van der Waals surface area contributed by atoms with E-state index in [1.807, 2.05) is 6.07 Å². The third kappa shape index (κ3) is 5.46. The molecule has 11 aromatic rings. The molecular formula is C57H41N3O. The predicted octanol–water partition coefficient (Wildman–Crippen LogP) is 15.9. The minimum Gasteiger partial charge on any atom is -0.455 e. The second kappa shape index (κ2) is 13.6. The maximum Gasteiger partial charge on any atom is 0.143 e. The lowest BCUT2D eigenvalue weighted by Gasteiger charge is -2.42. The van der Waals surface area contributed by atoms with Gasteiger partial charge in [0.2, 0.25) is 0 Å². The first-order valence-corrected chi connectivity index (χ1v) is 21.0. The molecule has 4 heteroatoms. The minimum absolute atomic E-state index is 0.151. The van der Waals surface area contributed by atoms with Crippen LogP contribution in [-0.4, -0.2) is 4.57 Å². The lowest BCUT2D eigenvalue weighted by molar-refractivity contribution is 0.632. The summed E-state index contributed by atoms with van der Waals surface area (Å²) in [4.78, 5) is 4.80. The van der Waals surface area contributed by atoms with E-state index in [2.05, 4.69) is 234 Å². The van der Waals surface area contributed by atoms with Crippen molar-refractivity contribution >= 4 is 77.9 Å². The second-order valence-electron chi connectivity index (χ2n) is 16.6. The van der Waals surface area contributed by atoms with Gasteiger partial charge >= 0.3 is 0 Å². The molecule has 0 spiro atoms. The second-order valence-corrected chi connectivity index (χ2v) is 16.6. The van der Waals surface area contributed by atoms with E-state index in [1.165, 1.54) is 38.8 Å². The van der Waals surface area contributed by atoms with Gasteiger partial charge in [0.15, 0.2) is 0 Å². The average Bonchev–Trinajstić information content (AvgIpc) is 3.86. The summed E-state index contributed by atoms with van der Waals surface area (Å²) >= 11 is 0. The molecule has 12 rings (SSSR count). The van der Waals surface area contributed by atoms with E-state index in [-0.39, 0.29) is 5.41 Å². The molecule has 0 atom stereocenters. The number of anilines is 6. The van der Waals surface area contributed by atoms with Crippen molar-refractivity contribution in [1.29, 1.82) is 0 Å². The fraction of sp³-hybridized carbons (Fsp3) is 0.0526. The lowest BCUT2D eigenvalue weighted by atomic mass is 9.73. The molecule has 0 saturated heterocycles. The molecule has 2 aromatic heterocycles. The Balaban J connectivity index is 1.03. The summed E-state index contributed by atoms with van der Waals surface area (Å²) in [6.07, 6.45) is 0. The number of hydrogen-bond donors (Lipinski definition) is 0. The number of nitrogens with zero attached hydrogens (tertiary/aromatic N) is 3. The maximum atomic E-state index is 6.75. The molecule has 0 N–H and O–H groups in total. The highest BCUT2D eigenvalue weighted by Gasteiger charge is 2.37. The van der Waals surface area contributed by atoms with Gasteiger partial charge in [-0.05, 0) is 102 Å². The Morgan fingerprint density at radius 2 is 1.00 bits per heavy atom. The topological polar surface area (TPSA) is 24.6 Å². The van der Waals surface area contributed by atoms with Gasteiger partial charge in [-0.1, -0.05) is 141 Å². The Labute approximate surface area is 354 Å². The van der Waals surface area contributed by atoms with Gasteiger partial charge in [-0.15, -0.1) is 0 Å². The van der Waals surface area contributed by atoms with E-state index in [1.54, 1.807) is 0 Å². The van der Waals surface area contributed by atoms with Gasteiger partial charge in [0.1, 0.15) is 11.2 Å². The van der Waals surface area contributed by atoms with Crippen molar-refractivity contribution in [3.8, 4) is 16.8 Å². The Hall–Kier alpha value is -7.82. The van der Waals surface area contributed by atoms with Crippen LogP contribution in [0.1, 0.15) is 25.0 Å². The molecule has 1 aliphatic rings. The van der Waals surface area contributed by atoms with E-state index in [9.17, 15) is 0 Å². The van der Waals surface area contributed by atoms with Crippen molar-refractivity contribution in [2.75, 3.05) is 9.80 Å². The summed E-state index contributed by atoms with van der Waals surface area (Å²) in [7, 11) is 0. The SMILES string of the molecule is CC1(C)c2ccccc2N(c2cc(-c3ccc(N(c4ccccc4)c4ccc5c6ccccc6n(-c6ccccc6)c5c4)cc3)c3oc4ccccc4c3c2)c2ccccc21. The fourth-order valence-corrected chi connectivity index (χ4v) is 9.87. The summed E-state index contributed by atoms with van der Waals surface area (Å²) in [5.74, 6) is 0. The van der Waals surface area contributed by atoms with Crippen LogP contribution < -0.4 is 9.80 Å². The zero-order valence-corrected chi connectivity index (χ0v) is 34.0. The van der Waals surface area contributed by atoms with Crippen molar-refractivity contribution in [2.45, 2.75) is 19.3 Å². The van der Waals surface area contributed by atoms with Crippen molar-refractivity contribution in [2.24, 2.45) is 0 Å². The Morgan fingerprint density at radius 1 is 0.426 bits per heavy atom. The largest absolute Gasteiger partial charge is 0.455 e. The van der Waals surface area contributed by atoms with Gasteiger partial charge in [-0.3, -0.25) is 0 Å². The van der Waals surface area contributed by atoms with Crippen LogP contribution in [0.5, 0.6) is 0 Å². The third-order valence-electron chi connectivity index (χ3n) is 12.7. The minimum atomic E-state index is -0.151. The van der Waals surface area contributed by atoms with Crippen LogP contribution in [0.4, 0.5) is 34.1 Å². The highest BCUT2D eigenvalue weighted by molar-refractivity contribution is 6.12. The Kier molecular flexibility index (Phi) is 7.85. The number of rotatable bonds is 6. The van der Waals surface area contributed by atoms with Gasteiger partial charge in [0.05, 0.1) is 22.4 Å². The van der Waals surface area contributed by atoms with Crippen molar-refractivity contribution in [3.63, 3.8) is 0 Å². The molecule has 61 heavy (non-hydrogen) atoms. The molecule has 290 valence electrons. The first-order valence-electron chi connectivity index (χ1n) is 21.0. The van der Waals surface area contributed by atoms with Crippen LogP contribution in [0, 0.1) is 0 Å². The van der Waals surface area contributed by atoms with E-state index in [4.69, 9.17) is 4.42 Å². The maximum absolute atomic E-state index is 6.75. The highest BCUT2D eigenvalue weighted by Crippen LogP contribution is 2.53. The van der Waals surface area contributed by atoms with E-state index in [0.717, 1.165) is 67.0 Å². The predicted molar refractivity (Wildman–Crippen MR) is 255 cm³/mol. The number of benzene rings is 9. The normalized spacial score (nSPS) is 13.2. The first-order chi connectivity index (χ1) is 30.0. The van der Waals surface area contributed by atoms with Gasteiger partial charge in [0.25, 0.3) is 0 Å². The summed E-state index contributed by atoms with van der Waals surface area (Å²) in [6.45, 7) is 4.67. The molecule has 3 heterocycles. The van der Waals surface area contributed by atoms with E-state index < -0.39 is 0 Å².